The quantitative estimate of drug-likeness (QED) is 0.690. The highest BCUT2D eigenvalue weighted by atomic mass is 16.5. The Hall–Kier alpha value is -0.910. The lowest BCUT2D eigenvalue weighted by molar-refractivity contribution is 0.0176. The highest BCUT2D eigenvalue weighted by molar-refractivity contribution is 5.08. The van der Waals surface area contributed by atoms with Crippen LogP contribution in [-0.4, -0.2) is 54.1 Å². The van der Waals surface area contributed by atoms with Crippen molar-refractivity contribution in [2.75, 3.05) is 39.5 Å². The minimum Gasteiger partial charge on any atom is -0.379 e. The Morgan fingerprint density at radius 1 is 1.29 bits per heavy atom. The SMILES string of the molecule is CCC(CC)n1nc(COCCN2CCOCC2)cc1C. The molecule has 0 amide bonds. The molecule has 0 unspecified atom stereocenters. The van der Waals surface area contributed by atoms with E-state index < -0.39 is 0 Å². The number of morpholine rings is 1. The van der Waals surface area contributed by atoms with Crippen LogP contribution in [0.25, 0.3) is 0 Å². The third kappa shape index (κ3) is 4.80. The molecule has 0 saturated carbocycles. The average Bonchev–Trinajstić information content (AvgIpc) is 2.87. The van der Waals surface area contributed by atoms with Crippen LogP contribution in [0.4, 0.5) is 0 Å². The van der Waals surface area contributed by atoms with Gasteiger partial charge in [-0.05, 0) is 25.8 Å². The van der Waals surface area contributed by atoms with E-state index in [1.165, 1.54) is 5.69 Å². The van der Waals surface area contributed by atoms with Crippen molar-refractivity contribution in [3.8, 4) is 0 Å². The summed E-state index contributed by atoms with van der Waals surface area (Å²) in [7, 11) is 0. The van der Waals surface area contributed by atoms with Crippen molar-refractivity contribution in [1.29, 1.82) is 0 Å². The minimum atomic E-state index is 0.507. The van der Waals surface area contributed by atoms with Crippen LogP contribution < -0.4 is 0 Å². The number of nitrogens with zero attached hydrogens (tertiary/aromatic N) is 3. The summed E-state index contributed by atoms with van der Waals surface area (Å²) >= 11 is 0. The molecule has 0 spiro atoms. The summed E-state index contributed by atoms with van der Waals surface area (Å²) in [6.07, 6.45) is 2.24. The lowest BCUT2D eigenvalue weighted by Gasteiger charge is -2.26. The first kappa shape index (κ1) is 16.5. The molecule has 1 aliphatic heterocycles. The Bertz CT molecular complexity index is 410. The smallest absolute Gasteiger partial charge is 0.0907 e. The number of aromatic nitrogens is 2. The van der Waals surface area contributed by atoms with Crippen molar-refractivity contribution in [2.45, 2.75) is 46.3 Å². The second-order valence-electron chi connectivity index (χ2n) is 5.70. The summed E-state index contributed by atoms with van der Waals surface area (Å²) in [5.74, 6) is 0. The molecule has 0 bridgehead atoms. The Kier molecular flexibility index (Phi) is 6.67. The number of hydrogen-bond donors (Lipinski definition) is 0. The minimum absolute atomic E-state index is 0.507. The summed E-state index contributed by atoms with van der Waals surface area (Å²) < 4.78 is 13.3. The molecule has 1 aliphatic rings. The second kappa shape index (κ2) is 8.51. The molecule has 1 saturated heterocycles. The van der Waals surface area contributed by atoms with Crippen molar-refractivity contribution in [3.05, 3.63) is 17.5 Å². The van der Waals surface area contributed by atoms with E-state index in [-0.39, 0.29) is 0 Å². The van der Waals surface area contributed by atoms with Crippen LogP contribution in [0.1, 0.15) is 44.1 Å². The zero-order chi connectivity index (χ0) is 15.1. The molecular formula is C16H29N3O2. The van der Waals surface area contributed by atoms with Crippen LogP contribution in [-0.2, 0) is 16.1 Å². The van der Waals surface area contributed by atoms with Crippen LogP contribution >= 0.6 is 0 Å². The molecule has 120 valence electrons. The average molecular weight is 295 g/mol. The first-order chi connectivity index (χ1) is 10.2. The fourth-order valence-electron chi connectivity index (χ4n) is 2.82. The summed E-state index contributed by atoms with van der Waals surface area (Å²) in [5.41, 5.74) is 2.27. The number of aryl methyl sites for hydroxylation is 1. The maximum Gasteiger partial charge on any atom is 0.0907 e. The Labute approximate surface area is 128 Å². The van der Waals surface area contributed by atoms with Gasteiger partial charge in [0.05, 0.1) is 38.2 Å². The molecule has 0 N–H and O–H groups in total. The molecule has 0 atom stereocenters. The monoisotopic (exact) mass is 295 g/mol. The molecule has 0 radical (unpaired) electrons. The lowest BCUT2D eigenvalue weighted by Crippen LogP contribution is -2.38. The fraction of sp³-hybridized carbons (Fsp3) is 0.812. The summed E-state index contributed by atoms with van der Waals surface area (Å²) in [4.78, 5) is 2.39. The maximum atomic E-state index is 5.78. The van der Waals surface area contributed by atoms with Crippen LogP contribution in [0.3, 0.4) is 0 Å². The van der Waals surface area contributed by atoms with E-state index in [0.29, 0.717) is 12.6 Å². The Balaban J connectivity index is 1.74. The van der Waals surface area contributed by atoms with Gasteiger partial charge in [0.2, 0.25) is 0 Å². The molecule has 21 heavy (non-hydrogen) atoms. The summed E-state index contributed by atoms with van der Waals surface area (Å²) in [6, 6.07) is 2.65. The van der Waals surface area contributed by atoms with Crippen LogP contribution in [0, 0.1) is 6.92 Å². The van der Waals surface area contributed by atoms with Gasteiger partial charge in [0, 0.05) is 25.3 Å². The van der Waals surface area contributed by atoms with Crippen LogP contribution in [0.5, 0.6) is 0 Å². The van der Waals surface area contributed by atoms with Crippen molar-refractivity contribution >= 4 is 0 Å². The van der Waals surface area contributed by atoms with Gasteiger partial charge in [-0.2, -0.15) is 5.10 Å². The third-order valence-electron chi connectivity index (χ3n) is 4.17. The molecule has 2 rings (SSSR count). The standard InChI is InChI=1S/C16H29N3O2/c1-4-16(5-2)19-14(3)12-15(17-19)13-21-11-8-18-6-9-20-10-7-18/h12,16H,4-11,13H2,1-3H3. The summed E-state index contributed by atoms with van der Waals surface area (Å²) in [6.45, 7) is 12.6. The summed E-state index contributed by atoms with van der Waals surface area (Å²) in [5, 5.41) is 4.69. The van der Waals surface area contributed by atoms with Gasteiger partial charge in [0.1, 0.15) is 0 Å². The van der Waals surface area contributed by atoms with Gasteiger partial charge in [-0.25, -0.2) is 0 Å². The molecule has 0 aromatic carbocycles. The van der Waals surface area contributed by atoms with E-state index in [2.05, 4.69) is 36.4 Å². The van der Waals surface area contributed by atoms with Crippen molar-refractivity contribution in [2.24, 2.45) is 0 Å². The first-order valence-electron chi connectivity index (χ1n) is 8.17. The highest BCUT2D eigenvalue weighted by Crippen LogP contribution is 2.18. The van der Waals surface area contributed by atoms with Gasteiger partial charge in [0.25, 0.3) is 0 Å². The van der Waals surface area contributed by atoms with Crippen LogP contribution in [0.15, 0.2) is 6.07 Å². The normalized spacial score (nSPS) is 16.8. The maximum absolute atomic E-state index is 5.78. The number of hydrogen-bond acceptors (Lipinski definition) is 4. The topological polar surface area (TPSA) is 39.5 Å². The van der Waals surface area contributed by atoms with E-state index >= 15 is 0 Å². The van der Waals surface area contributed by atoms with Crippen molar-refractivity contribution < 1.29 is 9.47 Å². The molecule has 0 aliphatic carbocycles. The molecule has 1 aromatic heterocycles. The van der Waals surface area contributed by atoms with Crippen molar-refractivity contribution in [3.63, 3.8) is 0 Å². The van der Waals surface area contributed by atoms with Gasteiger partial charge >= 0.3 is 0 Å². The zero-order valence-corrected chi connectivity index (χ0v) is 13.7. The molecule has 5 nitrogen and oxygen atoms in total. The van der Waals surface area contributed by atoms with Gasteiger partial charge in [-0.15, -0.1) is 0 Å². The molecule has 5 heteroatoms. The van der Waals surface area contributed by atoms with E-state index in [4.69, 9.17) is 14.6 Å². The molecular weight excluding hydrogens is 266 g/mol. The number of rotatable bonds is 8. The molecule has 1 fully saturated rings. The Morgan fingerprint density at radius 2 is 2.00 bits per heavy atom. The predicted octanol–water partition coefficient (Wildman–Crippen LogP) is 2.40. The van der Waals surface area contributed by atoms with Crippen LogP contribution in [0.2, 0.25) is 0 Å². The molecule has 2 heterocycles. The van der Waals surface area contributed by atoms with Crippen molar-refractivity contribution in [1.82, 2.24) is 14.7 Å². The first-order valence-corrected chi connectivity index (χ1v) is 8.17. The third-order valence-corrected chi connectivity index (χ3v) is 4.17. The van der Waals surface area contributed by atoms with E-state index in [1.807, 2.05) is 0 Å². The number of ether oxygens (including phenoxy) is 2. The fourth-order valence-corrected chi connectivity index (χ4v) is 2.82. The van der Waals surface area contributed by atoms with Gasteiger partial charge in [-0.3, -0.25) is 9.58 Å². The zero-order valence-electron chi connectivity index (χ0n) is 13.7. The lowest BCUT2D eigenvalue weighted by atomic mass is 10.2. The van der Waals surface area contributed by atoms with E-state index in [9.17, 15) is 0 Å². The highest BCUT2D eigenvalue weighted by Gasteiger charge is 2.12. The van der Waals surface area contributed by atoms with Gasteiger partial charge in [-0.1, -0.05) is 13.8 Å². The van der Waals surface area contributed by atoms with E-state index in [1.54, 1.807) is 0 Å². The Morgan fingerprint density at radius 3 is 2.67 bits per heavy atom. The second-order valence-corrected chi connectivity index (χ2v) is 5.70. The largest absolute Gasteiger partial charge is 0.379 e. The predicted molar refractivity (Wildman–Crippen MR) is 83.5 cm³/mol. The molecule has 1 aromatic rings. The van der Waals surface area contributed by atoms with E-state index in [0.717, 1.165) is 58.0 Å². The van der Waals surface area contributed by atoms with Gasteiger partial charge in [0.15, 0.2) is 0 Å². The van der Waals surface area contributed by atoms with Gasteiger partial charge < -0.3 is 9.47 Å².